The SMILES string of the molecule is CCS(=O)(=O)c1ccccc1C(=O)Nc1nccn2ccnc12. The average molecular weight is 330 g/mol. The van der Waals surface area contributed by atoms with E-state index >= 15 is 0 Å². The number of nitrogens with zero attached hydrogens (tertiary/aromatic N) is 3. The molecule has 0 fully saturated rings. The second-order valence-electron chi connectivity index (χ2n) is 4.79. The van der Waals surface area contributed by atoms with Crippen LogP contribution in [0.2, 0.25) is 0 Å². The maximum Gasteiger partial charge on any atom is 0.258 e. The summed E-state index contributed by atoms with van der Waals surface area (Å²) in [5.41, 5.74) is 0.571. The Morgan fingerprint density at radius 3 is 2.61 bits per heavy atom. The topological polar surface area (TPSA) is 93.4 Å². The summed E-state index contributed by atoms with van der Waals surface area (Å²) in [6.45, 7) is 1.54. The predicted molar refractivity (Wildman–Crippen MR) is 85.1 cm³/mol. The molecule has 0 unspecified atom stereocenters. The highest BCUT2D eigenvalue weighted by Gasteiger charge is 2.21. The van der Waals surface area contributed by atoms with Crippen LogP contribution in [0.1, 0.15) is 17.3 Å². The van der Waals surface area contributed by atoms with Crippen molar-refractivity contribution >= 4 is 27.2 Å². The molecule has 1 amide bonds. The fourth-order valence-electron chi connectivity index (χ4n) is 2.20. The Morgan fingerprint density at radius 1 is 1.17 bits per heavy atom. The molecule has 0 bridgehead atoms. The zero-order valence-electron chi connectivity index (χ0n) is 12.3. The van der Waals surface area contributed by atoms with Crippen LogP contribution in [0.5, 0.6) is 0 Å². The highest BCUT2D eigenvalue weighted by Crippen LogP contribution is 2.19. The molecule has 1 aromatic carbocycles. The number of aromatic nitrogens is 3. The molecule has 7 nitrogen and oxygen atoms in total. The van der Waals surface area contributed by atoms with Crippen LogP contribution in [-0.4, -0.2) is 34.4 Å². The smallest absolute Gasteiger partial charge is 0.258 e. The molecule has 1 N–H and O–H groups in total. The van der Waals surface area contributed by atoms with Gasteiger partial charge < -0.3 is 9.72 Å². The fraction of sp³-hybridized carbons (Fsp3) is 0.133. The molecule has 0 saturated carbocycles. The number of hydrogen-bond donors (Lipinski definition) is 1. The molecule has 0 spiro atoms. The number of rotatable bonds is 4. The number of hydrogen-bond acceptors (Lipinski definition) is 5. The summed E-state index contributed by atoms with van der Waals surface area (Å²) in [6.07, 6.45) is 6.54. The van der Waals surface area contributed by atoms with Gasteiger partial charge in [0.25, 0.3) is 5.91 Å². The Morgan fingerprint density at radius 2 is 1.87 bits per heavy atom. The van der Waals surface area contributed by atoms with Crippen LogP contribution < -0.4 is 5.32 Å². The van der Waals surface area contributed by atoms with Crippen molar-refractivity contribution in [1.29, 1.82) is 0 Å². The molecule has 8 heteroatoms. The molecule has 0 radical (unpaired) electrons. The highest BCUT2D eigenvalue weighted by molar-refractivity contribution is 7.91. The van der Waals surface area contributed by atoms with Crippen LogP contribution in [0, 0.1) is 0 Å². The standard InChI is InChI=1S/C15H14N4O3S/c1-2-23(21,22)12-6-4-3-5-11(12)15(20)18-13-14-17-8-10-19(14)9-7-16-13/h3-10H,2H2,1H3,(H,16,18,20). The minimum absolute atomic E-state index is 0.00953. The molecule has 3 rings (SSSR count). The van der Waals surface area contributed by atoms with Gasteiger partial charge in [-0.3, -0.25) is 4.79 Å². The summed E-state index contributed by atoms with van der Waals surface area (Å²) in [5.74, 6) is -0.349. The molecule has 2 heterocycles. The lowest BCUT2D eigenvalue weighted by molar-refractivity contribution is 0.102. The van der Waals surface area contributed by atoms with Crippen molar-refractivity contribution in [2.75, 3.05) is 11.1 Å². The van der Waals surface area contributed by atoms with Gasteiger partial charge in [-0.05, 0) is 12.1 Å². The number of fused-ring (bicyclic) bond motifs is 1. The maximum absolute atomic E-state index is 12.5. The number of amides is 1. The van der Waals surface area contributed by atoms with Crippen molar-refractivity contribution in [3.8, 4) is 0 Å². The molecule has 0 aliphatic heterocycles. The minimum Gasteiger partial charge on any atom is -0.303 e. The van der Waals surface area contributed by atoms with Crippen LogP contribution in [0.3, 0.4) is 0 Å². The summed E-state index contributed by atoms with van der Waals surface area (Å²) >= 11 is 0. The molecule has 0 aliphatic carbocycles. The first-order chi connectivity index (χ1) is 11.0. The summed E-state index contributed by atoms with van der Waals surface area (Å²) < 4.78 is 26.0. The van der Waals surface area contributed by atoms with Gasteiger partial charge >= 0.3 is 0 Å². The van der Waals surface area contributed by atoms with E-state index in [4.69, 9.17) is 0 Å². The van der Waals surface area contributed by atoms with Gasteiger partial charge in [0.15, 0.2) is 21.3 Å². The lowest BCUT2D eigenvalue weighted by Gasteiger charge is -2.10. The van der Waals surface area contributed by atoms with Crippen LogP contribution in [0.4, 0.5) is 5.82 Å². The summed E-state index contributed by atoms with van der Waals surface area (Å²) in [4.78, 5) is 20.7. The van der Waals surface area contributed by atoms with Gasteiger partial charge in [-0.15, -0.1) is 0 Å². The third-order valence-electron chi connectivity index (χ3n) is 3.39. The molecule has 3 aromatic rings. The van der Waals surface area contributed by atoms with Crippen LogP contribution >= 0.6 is 0 Å². The van der Waals surface area contributed by atoms with Crippen molar-refractivity contribution in [2.45, 2.75) is 11.8 Å². The minimum atomic E-state index is -3.50. The average Bonchev–Trinajstić information content (AvgIpc) is 3.04. The van der Waals surface area contributed by atoms with Gasteiger partial charge in [0.1, 0.15) is 0 Å². The van der Waals surface area contributed by atoms with Crippen molar-refractivity contribution < 1.29 is 13.2 Å². The van der Waals surface area contributed by atoms with E-state index in [9.17, 15) is 13.2 Å². The van der Waals surface area contributed by atoms with Crippen LogP contribution in [0.15, 0.2) is 53.9 Å². The van der Waals surface area contributed by atoms with Gasteiger partial charge in [0.05, 0.1) is 16.2 Å². The molecule has 0 aliphatic rings. The fourth-order valence-corrected chi connectivity index (χ4v) is 3.29. The lowest BCUT2D eigenvalue weighted by Crippen LogP contribution is -2.18. The van der Waals surface area contributed by atoms with Gasteiger partial charge in [-0.25, -0.2) is 18.4 Å². The Kier molecular flexibility index (Phi) is 3.83. The number of anilines is 1. The van der Waals surface area contributed by atoms with E-state index in [0.29, 0.717) is 5.65 Å². The Bertz CT molecular complexity index is 979. The quantitative estimate of drug-likeness (QED) is 0.787. The molecule has 0 saturated heterocycles. The van der Waals surface area contributed by atoms with Crippen molar-refractivity contribution in [1.82, 2.24) is 14.4 Å². The summed E-state index contributed by atoms with van der Waals surface area (Å²) in [7, 11) is -3.50. The van der Waals surface area contributed by atoms with E-state index in [-0.39, 0.29) is 22.0 Å². The third kappa shape index (κ3) is 2.80. The first-order valence-electron chi connectivity index (χ1n) is 6.93. The first-order valence-corrected chi connectivity index (χ1v) is 8.59. The van der Waals surface area contributed by atoms with E-state index in [1.807, 2.05) is 0 Å². The number of sulfone groups is 1. The largest absolute Gasteiger partial charge is 0.303 e. The van der Waals surface area contributed by atoms with Crippen molar-refractivity contribution in [3.05, 3.63) is 54.6 Å². The maximum atomic E-state index is 12.5. The normalized spacial score (nSPS) is 11.5. The summed E-state index contributed by atoms with van der Waals surface area (Å²) in [5, 5.41) is 2.63. The lowest BCUT2D eigenvalue weighted by atomic mass is 10.2. The van der Waals surface area contributed by atoms with E-state index in [1.165, 1.54) is 25.3 Å². The molecular formula is C15H14N4O3S. The molecule has 0 atom stereocenters. The molecular weight excluding hydrogens is 316 g/mol. The Balaban J connectivity index is 2.01. The second-order valence-corrected chi connectivity index (χ2v) is 7.03. The van der Waals surface area contributed by atoms with Crippen molar-refractivity contribution in [3.63, 3.8) is 0 Å². The number of imidazole rings is 1. The predicted octanol–water partition coefficient (Wildman–Crippen LogP) is 1.78. The van der Waals surface area contributed by atoms with Crippen LogP contribution in [0.25, 0.3) is 5.65 Å². The summed E-state index contributed by atoms with van der Waals surface area (Å²) in [6, 6.07) is 6.11. The van der Waals surface area contributed by atoms with Crippen molar-refractivity contribution in [2.24, 2.45) is 0 Å². The first kappa shape index (κ1) is 15.2. The van der Waals surface area contributed by atoms with E-state index in [2.05, 4.69) is 15.3 Å². The van der Waals surface area contributed by atoms with E-state index < -0.39 is 15.7 Å². The van der Waals surface area contributed by atoms with E-state index in [0.717, 1.165) is 0 Å². The zero-order valence-corrected chi connectivity index (χ0v) is 13.1. The number of benzene rings is 1. The number of carbonyl (C=O) groups excluding carboxylic acids is 1. The van der Waals surface area contributed by atoms with E-state index in [1.54, 1.807) is 35.1 Å². The van der Waals surface area contributed by atoms with Crippen LogP contribution in [-0.2, 0) is 9.84 Å². The molecule has 23 heavy (non-hydrogen) atoms. The third-order valence-corrected chi connectivity index (χ3v) is 5.18. The van der Waals surface area contributed by atoms with Gasteiger partial charge in [-0.1, -0.05) is 19.1 Å². The zero-order chi connectivity index (χ0) is 16.4. The van der Waals surface area contributed by atoms with Gasteiger partial charge in [0.2, 0.25) is 0 Å². The highest BCUT2D eigenvalue weighted by atomic mass is 32.2. The van der Waals surface area contributed by atoms with Gasteiger partial charge in [0, 0.05) is 24.8 Å². The van der Waals surface area contributed by atoms with Gasteiger partial charge in [-0.2, -0.15) is 0 Å². The Hall–Kier alpha value is -2.74. The number of carbonyl (C=O) groups is 1. The Labute approximate surface area is 132 Å². The monoisotopic (exact) mass is 330 g/mol. The molecule has 118 valence electrons. The number of nitrogens with one attached hydrogen (secondary N) is 1. The molecule has 2 aromatic heterocycles. The second kappa shape index (κ2) is 5.81.